The van der Waals surface area contributed by atoms with Crippen molar-refractivity contribution >= 4 is 5.91 Å². The highest BCUT2D eigenvalue weighted by atomic mass is 16.7. The molecule has 11 heteroatoms. The van der Waals surface area contributed by atoms with Crippen molar-refractivity contribution in [1.29, 1.82) is 0 Å². The van der Waals surface area contributed by atoms with Crippen LogP contribution in [0.5, 0.6) is 0 Å². The van der Waals surface area contributed by atoms with Crippen LogP contribution in [-0.2, 0) is 35.5 Å². The predicted molar refractivity (Wildman–Crippen MR) is 147 cm³/mol. The zero-order valence-corrected chi connectivity index (χ0v) is 23.6. The van der Waals surface area contributed by atoms with Crippen molar-refractivity contribution in [3.05, 3.63) is 63.8 Å². The molecule has 1 N–H and O–H groups in total. The van der Waals surface area contributed by atoms with Crippen LogP contribution in [0.4, 0.5) is 0 Å². The number of aromatic nitrogens is 2. The van der Waals surface area contributed by atoms with Crippen molar-refractivity contribution in [1.82, 2.24) is 14.3 Å². The van der Waals surface area contributed by atoms with Crippen LogP contribution in [0.25, 0.3) is 5.69 Å². The maximum Gasteiger partial charge on any atom is 0.288 e. The molecule has 1 saturated heterocycles. The van der Waals surface area contributed by atoms with E-state index < -0.39 is 12.2 Å². The molecule has 0 radical (unpaired) electrons. The Labute approximate surface area is 234 Å². The van der Waals surface area contributed by atoms with Gasteiger partial charge < -0.3 is 33.7 Å². The lowest BCUT2D eigenvalue weighted by atomic mass is 9.81. The normalized spacial score (nSPS) is 21.2. The van der Waals surface area contributed by atoms with E-state index in [4.69, 9.17) is 28.8 Å². The molecule has 2 aliphatic rings. The van der Waals surface area contributed by atoms with Gasteiger partial charge in [-0.25, -0.2) is 4.68 Å². The number of carbonyl (C=O) groups excluding carboxylic acids is 1. The second-order valence-corrected chi connectivity index (χ2v) is 9.78. The minimum absolute atomic E-state index is 0.0358. The minimum Gasteiger partial charge on any atom is -0.459 e. The number of hydrogen-bond donors (Lipinski definition) is 1. The summed E-state index contributed by atoms with van der Waals surface area (Å²) in [5.74, 6) is -0.764. The molecule has 2 aromatic rings. The summed E-state index contributed by atoms with van der Waals surface area (Å²) in [6.07, 6.45) is 1.59. The molecule has 0 aliphatic carbocycles. The van der Waals surface area contributed by atoms with Gasteiger partial charge in [-0.3, -0.25) is 14.3 Å². The van der Waals surface area contributed by atoms with E-state index in [1.807, 2.05) is 55.9 Å². The molecule has 3 atom stereocenters. The lowest BCUT2D eigenvalue weighted by Crippen LogP contribution is -2.45. The fourth-order valence-corrected chi connectivity index (χ4v) is 5.27. The number of aliphatic hydroxyl groups excluding tert-OH is 1. The lowest BCUT2D eigenvalue weighted by molar-refractivity contribution is -0.173. The molecule has 1 fully saturated rings. The molecular formula is C29H41N3O8. The Kier molecular flexibility index (Phi) is 11.0. The number of carbonyl (C=O) groups is 1. The maximum atomic E-state index is 14.0. The smallest absolute Gasteiger partial charge is 0.288 e. The van der Waals surface area contributed by atoms with Gasteiger partial charge in [0.2, 0.25) is 6.29 Å². The summed E-state index contributed by atoms with van der Waals surface area (Å²) in [6, 6.07) is 9.49. The fourth-order valence-electron chi connectivity index (χ4n) is 5.27. The molecule has 1 amide bonds. The molecule has 220 valence electrons. The highest BCUT2D eigenvalue weighted by molar-refractivity contribution is 5.92. The van der Waals surface area contributed by atoms with Crippen molar-refractivity contribution in [2.45, 2.75) is 32.5 Å². The third-order valence-electron chi connectivity index (χ3n) is 7.36. The Balaban J connectivity index is 1.69. The second kappa shape index (κ2) is 14.6. The molecule has 0 bridgehead atoms. The Morgan fingerprint density at radius 3 is 2.45 bits per heavy atom. The van der Waals surface area contributed by atoms with Gasteiger partial charge in [-0.05, 0) is 38.5 Å². The minimum atomic E-state index is -0.738. The average Bonchev–Trinajstić information content (AvgIpc) is 3.20. The van der Waals surface area contributed by atoms with Crippen molar-refractivity contribution in [2.24, 2.45) is 13.0 Å². The molecular weight excluding hydrogens is 518 g/mol. The highest BCUT2D eigenvalue weighted by Gasteiger charge is 2.41. The van der Waals surface area contributed by atoms with Crippen molar-refractivity contribution < 1.29 is 33.6 Å². The zero-order chi connectivity index (χ0) is 28.5. The van der Waals surface area contributed by atoms with E-state index in [9.17, 15) is 9.59 Å². The summed E-state index contributed by atoms with van der Waals surface area (Å²) < 4.78 is 32.3. The van der Waals surface area contributed by atoms with E-state index in [2.05, 4.69) is 0 Å². The number of hydrogen-bond acceptors (Lipinski definition) is 8. The van der Waals surface area contributed by atoms with Crippen LogP contribution in [0.15, 0.2) is 47.0 Å². The van der Waals surface area contributed by atoms with Gasteiger partial charge in [0, 0.05) is 56.4 Å². The van der Waals surface area contributed by atoms with E-state index >= 15 is 0 Å². The summed E-state index contributed by atoms with van der Waals surface area (Å²) in [6.45, 7) is 7.43. The van der Waals surface area contributed by atoms with Gasteiger partial charge in [0.15, 0.2) is 5.76 Å². The largest absolute Gasteiger partial charge is 0.459 e. The highest BCUT2D eigenvalue weighted by Crippen LogP contribution is 2.39. The van der Waals surface area contributed by atoms with Crippen molar-refractivity contribution in [3.8, 4) is 5.69 Å². The number of aliphatic hydroxyl groups is 1. The molecule has 0 saturated carbocycles. The fraction of sp³-hybridized carbons (Fsp3) is 0.586. The molecule has 4 rings (SSSR count). The number of benzene rings is 1. The molecule has 1 aromatic heterocycles. The van der Waals surface area contributed by atoms with Crippen LogP contribution in [-0.4, -0.2) is 97.5 Å². The Bertz CT molecular complexity index is 1190. The molecule has 11 nitrogen and oxygen atoms in total. The van der Waals surface area contributed by atoms with Gasteiger partial charge in [-0.2, -0.15) is 0 Å². The van der Waals surface area contributed by atoms with Gasteiger partial charge in [-0.1, -0.05) is 18.2 Å². The topological polar surface area (TPSA) is 114 Å². The first kappa shape index (κ1) is 30.0. The molecule has 40 heavy (non-hydrogen) atoms. The van der Waals surface area contributed by atoms with E-state index in [0.29, 0.717) is 64.7 Å². The maximum absolute atomic E-state index is 14.0. The summed E-state index contributed by atoms with van der Waals surface area (Å²) in [4.78, 5) is 29.3. The molecule has 1 aromatic carbocycles. The van der Waals surface area contributed by atoms with E-state index in [0.717, 1.165) is 11.4 Å². The van der Waals surface area contributed by atoms with Crippen LogP contribution in [0.2, 0.25) is 0 Å². The first-order valence-electron chi connectivity index (χ1n) is 13.9. The number of para-hydroxylation sites is 1. The summed E-state index contributed by atoms with van der Waals surface area (Å²) in [7, 11) is 1.86. The Hall–Kier alpha value is -2.96. The Morgan fingerprint density at radius 1 is 1.07 bits per heavy atom. The van der Waals surface area contributed by atoms with Gasteiger partial charge in [0.05, 0.1) is 45.3 Å². The number of ether oxygens (including phenoxy) is 5. The van der Waals surface area contributed by atoms with E-state index in [1.165, 1.54) is 0 Å². The van der Waals surface area contributed by atoms with Crippen molar-refractivity contribution in [3.63, 3.8) is 0 Å². The van der Waals surface area contributed by atoms with Gasteiger partial charge in [-0.15, -0.1) is 0 Å². The quantitative estimate of drug-likeness (QED) is 0.369. The molecule has 0 unspecified atom stereocenters. The van der Waals surface area contributed by atoms with E-state index in [-0.39, 0.29) is 36.4 Å². The van der Waals surface area contributed by atoms with Crippen LogP contribution in [0, 0.1) is 12.8 Å². The summed E-state index contributed by atoms with van der Waals surface area (Å²) in [5.41, 5.74) is 2.01. The molecule has 2 aliphatic heterocycles. The van der Waals surface area contributed by atoms with Crippen LogP contribution in [0.1, 0.15) is 30.5 Å². The Morgan fingerprint density at radius 2 is 1.77 bits per heavy atom. The summed E-state index contributed by atoms with van der Waals surface area (Å²) >= 11 is 0. The van der Waals surface area contributed by atoms with Gasteiger partial charge in [0.25, 0.3) is 11.5 Å². The average molecular weight is 560 g/mol. The number of allylic oxidation sites excluding steroid dienone is 1. The number of morpholine rings is 1. The first-order chi connectivity index (χ1) is 19.5. The zero-order valence-electron chi connectivity index (χ0n) is 23.6. The monoisotopic (exact) mass is 559 g/mol. The van der Waals surface area contributed by atoms with Crippen LogP contribution < -0.4 is 5.56 Å². The molecule has 3 heterocycles. The SMILES string of the molecule is CCO[C@H]1OC(C(=O)N2CCOCC2)=C[C@@H](c2c(C)n(C)n(-c3ccccc3)c2=O)[C@H]1CCOCCOCCO. The van der Waals surface area contributed by atoms with Crippen LogP contribution in [0.3, 0.4) is 0 Å². The number of rotatable bonds is 13. The lowest BCUT2D eigenvalue weighted by Gasteiger charge is -2.38. The van der Waals surface area contributed by atoms with Crippen molar-refractivity contribution in [2.75, 3.05) is 65.9 Å². The number of amides is 1. The van der Waals surface area contributed by atoms with Gasteiger partial charge >= 0.3 is 0 Å². The third-order valence-corrected chi connectivity index (χ3v) is 7.36. The van der Waals surface area contributed by atoms with Crippen LogP contribution >= 0.6 is 0 Å². The third kappa shape index (κ3) is 6.84. The second-order valence-electron chi connectivity index (χ2n) is 9.78. The number of nitrogens with zero attached hydrogens (tertiary/aromatic N) is 3. The first-order valence-corrected chi connectivity index (χ1v) is 13.9. The molecule has 0 spiro atoms. The predicted octanol–water partition coefficient (Wildman–Crippen LogP) is 1.74. The standard InChI is InChI=1S/C29H41N3O8/c1-4-39-29-23(10-14-36-18-19-38-17-13-33)24(20-25(40-29)27(34)31-11-15-37-16-12-31)26-21(2)30(3)32(28(26)35)22-8-6-5-7-9-22/h5-9,20,23-24,29,33H,4,10-19H2,1-3H3/t23-,24-,29+/m1/s1. The van der Waals surface area contributed by atoms with E-state index in [1.54, 1.807) is 15.7 Å². The van der Waals surface area contributed by atoms with Gasteiger partial charge in [0.1, 0.15) is 0 Å². The summed E-state index contributed by atoms with van der Waals surface area (Å²) in [5, 5.41) is 8.88.